The van der Waals surface area contributed by atoms with E-state index in [1.54, 1.807) is 50.3 Å². The van der Waals surface area contributed by atoms with E-state index in [0.29, 0.717) is 22.3 Å². The summed E-state index contributed by atoms with van der Waals surface area (Å²) in [5.74, 6) is -1.34. The number of fused-ring (bicyclic) bond motifs is 2. The molecule has 0 unspecified atom stereocenters. The van der Waals surface area contributed by atoms with Gasteiger partial charge in [-0.2, -0.15) is 0 Å². The van der Waals surface area contributed by atoms with Crippen molar-refractivity contribution < 1.29 is 39.1 Å². The zero-order valence-electron chi connectivity index (χ0n) is 25.9. The zero-order valence-corrected chi connectivity index (χ0v) is 25.9. The van der Waals surface area contributed by atoms with Crippen molar-refractivity contribution in [2.75, 3.05) is 19.5 Å². The Bertz CT molecular complexity index is 1460. The van der Waals surface area contributed by atoms with E-state index in [1.165, 1.54) is 26.4 Å². The average Bonchev–Trinajstić information content (AvgIpc) is 2.98. The number of phenols is 2. The third-order valence-electron chi connectivity index (χ3n) is 7.56. The Morgan fingerprint density at radius 3 is 2.36 bits per heavy atom. The summed E-state index contributed by atoms with van der Waals surface area (Å²) in [6.45, 7) is 6.96. The second-order valence-corrected chi connectivity index (χ2v) is 10.9. The van der Waals surface area contributed by atoms with Gasteiger partial charge in [0.2, 0.25) is 0 Å². The highest BCUT2D eigenvalue weighted by Crippen LogP contribution is 2.44. The SMILES string of the molecule is CO[C@H]1C=CC=C(C)C(=O)Nc2cc(O)c(-c3ccccc3)c(c2O)C=C(C)C[C@H](OC)[C@H](O)[C@@H](C)C=C(C)[C@@H]1OC(N)=O. The highest BCUT2D eigenvalue weighted by atomic mass is 16.6. The number of aliphatic hydroxyl groups is 1. The monoisotopic (exact) mass is 606 g/mol. The normalized spacial score (nSPS) is 23.7. The lowest BCUT2D eigenvalue weighted by molar-refractivity contribution is -0.112. The molecule has 236 valence electrons. The van der Waals surface area contributed by atoms with E-state index in [4.69, 9.17) is 19.9 Å². The molecule has 1 aliphatic rings. The maximum absolute atomic E-state index is 13.1. The summed E-state index contributed by atoms with van der Waals surface area (Å²) in [5.41, 5.74) is 8.32. The third-order valence-corrected chi connectivity index (χ3v) is 7.56. The lowest BCUT2D eigenvalue weighted by Crippen LogP contribution is -2.36. The summed E-state index contributed by atoms with van der Waals surface area (Å²) in [5, 5.41) is 36.5. The molecular weight excluding hydrogens is 564 g/mol. The molecule has 3 rings (SSSR count). The van der Waals surface area contributed by atoms with Crippen molar-refractivity contribution in [3.63, 3.8) is 0 Å². The minimum absolute atomic E-state index is 0.0161. The zero-order chi connectivity index (χ0) is 32.6. The molecule has 1 aliphatic heterocycles. The number of benzene rings is 2. The van der Waals surface area contributed by atoms with Gasteiger partial charge in [0, 0.05) is 42.9 Å². The number of primary amides is 1. The first-order valence-electron chi connectivity index (χ1n) is 14.2. The van der Waals surface area contributed by atoms with Crippen molar-refractivity contribution >= 4 is 23.8 Å². The molecule has 44 heavy (non-hydrogen) atoms. The molecule has 0 spiro atoms. The van der Waals surface area contributed by atoms with Crippen LogP contribution in [0.2, 0.25) is 0 Å². The number of aliphatic hydroxyl groups excluding tert-OH is 1. The summed E-state index contributed by atoms with van der Waals surface area (Å²) in [7, 11) is 2.94. The van der Waals surface area contributed by atoms with Crippen LogP contribution < -0.4 is 11.1 Å². The van der Waals surface area contributed by atoms with E-state index in [2.05, 4.69) is 5.32 Å². The van der Waals surface area contributed by atoms with Crippen LogP contribution in [-0.2, 0) is 19.0 Å². The minimum atomic E-state index is -0.994. The Morgan fingerprint density at radius 1 is 1.07 bits per heavy atom. The molecule has 2 aromatic rings. The smallest absolute Gasteiger partial charge is 0.405 e. The van der Waals surface area contributed by atoms with E-state index in [1.807, 2.05) is 32.0 Å². The van der Waals surface area contributed by atoms with E-state index in [0.717, 1.165) is 5.57 Å². The molecule has 10 heteroatoms. The number of methoxy groups -OCH3 is 2. The fourth-order valence-electron chi connectivity index (χ4n) is 5.19. The van der Waals surface area contributed by atoms with Crippen molar-refractivity contribution in [2.45, 2.75) is 58.5 Å². The first kappa shape index (κ1) is 34.1. The van der Waals surface area contributed by atoms with Crippen molar-refractivity contribution in [1.29, 1.82) is 0 Å². The Labute approximate surface area is 258 Å². The van der Waals surface area contributed by atoms with E-state index >= 15 is 0 Å². The molecule has 2 amide bonds. The fraction of sp³-hybridized carbons (Fsp3) is 0.353. The predicted octanol–water partition coefficient (Wildman–Crippen LogP) is 5.45. The van der Waals surface area contributed by atoms with Gasteiger partial charge in [-0.3, -0.25) is 4.79 Å². The number of amides is 2. The number of ether oxygens (including phenoxy) is 3. The number of carbonyl (C=O) groups excluding carboxylic acids is 2. The van der Waals surface area contributed by atoms with Crippen molar-refractivity contribution in [3.8, 4) is 22.6 Å². The van der Waals surface area contributed by atoms with Crippen LogP contribution in [-0.4, -0.2) is 66.0 Å². The van der Waals surface area contributed by atoms with Gasteiger partial charge in [-0.15, -0.1) is 0 Å². The van der Waals surface area contributed by atoms with Gasteiger partial charge in [0.25, 0.3) is 5.91 Å². The van der Waals surface area contributed by atoms with E-state index in [-0.39, 0.29) is 29.2 Å². The molecule has 2 aromatic carbocycles. The topological polar surface area (TPSA) is 161 Å². The van der Waals surface area contributed by atoms with Crippen LogP contribution >= 0.6 is 0 Å². The minimum Gasteiger partial charge on any atom is -0.507 e. The Balaban J connectivity index is 2.22. The van der Waals surface area contributed by atoms with Crippen LogP contribution in [0.5, 0.6) is 11.5 Å². The third kappa shape index (κ3) is 8.37. The first-order valence-corrected chi connectivity index (χ1v) is 14.2. The van der Waals surface area contributed by atoms with Gasteiger partial charge in [0.15, 0.2) is 6.10 Å². The van der Waals surface area contributed by atoms with Crippen molar-refractivity contribution in [3.05, 3.63) is 83.0 Å². The second-order valence-electron chi connectivity index (χ2n) is 10.9. The number of hydrogen-bond donors (Lipinski definition) is 5. The van der Waals surface area contributed by atoms with Gasteiger partial charge in [0.05, 0.1) is 17.9 Å². The number of aromatic hydroxyl groups is 2. The molecule has 2 bridgehead atoms. The maximum Gasteiger partial charge on any atom is 0.405 e. The maximum atomic E-state index is 13.1. The van der Waals surface area contributed by atoms with E-state index < -0.39 is 42.3 Å². The number of carbonyl (C=O) groups is 2. The molecule has 0 aromatic heterocycles. The number of anilines is 1. The molecule has 0 saturated carbocycles. The van der Waals surface area contributed by atoms with Crippen molar-refractivity contribution in [1.82, 2.24) is 0 Å². The standard InChI is InChI=1S/C34H42N2O8/c1-19-15-24-29(23-12-8-7-9-13-23)26(37)18-25(31(24)39)36-33(40)20(2)11-10-14-27(42-5)32(44-34(35)41)22(4)17-21(3)30(38)28(16-19)43-6/h7-15,17-18,21,27-28,30,32,37-39H,16H2,1-6H3,(H2,35,41)(H,36,40)/t21-,27-,28-,30+,32-/m0/s1. The largest absolute Gasteiger partial charge is 0.507 e. The molecule has 0 saturated heterocycles. The van der Waals surface area contributed by atoms with Crippen LogP contribution in [0.1, 0.15) is 39.7 Å². The van der Waals surface area contributed by atoms with Gasteiger partial charge in [0.1, 0.15) is 17.6 Å². The van der Waals surface area contributed by atoms with Crippen LogP contribution in [0.4, 0.5) is 10.5 Å². The van der Waals surface area contributed by atoms with Gasteiger partial charge >= 0.3 is 6.09 Å². The van der Waals surface area contributed by atoms with Crippen LogP contribution in [0.3, 0.4) is 0 Å². The lowest BCUT2D eigenvalue weighted by atomic mass is 9.90. The van der Waals surface area contributed by atoms with Crippen molar-refractivity contribution in [2.24, 2.45) is 11.7 Å². The summed E-state index contributed by atoms with van der Waals surface area (Å²) >= 11 is 0. The Morgan fingerprint density at radius 2 is 1.75 bits per heavy atom. The number of rotatable bonds is 4. The van der Waals surface area contributed by atoms with Gasteiger partial charge in [-0.05, 0) is 38.3 Å². The van der Waals surface area contributed by atoms with Crippen LogP contribution in [0.25, 0.3) is 17.2 Å². The van der Waals surface area contributed by atoms with Crippen LogP contribution in [0, 0.1) is 5.92 Å². The summed E-state index contributed by atoms with van der Waals surface area (Å²) in [4.78, 5) is 24.9. The first-order chi connectivity index (χ1) is 20.9. The number of hydrogen-bond acceptors (Lipinski definition) is 8. The average molecular weight is 607 g/mol. The molecule has 6 N–H and O–H groups in total. The second kappa shape index (κ2) is 15.4. The highest BCUT2D eigenvalue weighted by Gasteiger charge is 2.29. The molecule has 10 nitrogen and oxygen atoms in total. The number of nitrogens with one attached hydrogen (secondary N) is 1. The number of nitrogens with two attached hydrogens (primary N) is 1. The van der Waals surface area contributed by atoms with E-state index in [9.17, 15) is 24.9 Å². The fourth-order valence-corrected chi connectivity index (χ4v) is 5.19. The Kier molecular flexibility index (Phi) is 11.9. The van der Waals surface area contributed by atoms with Gasteiger partial charge in [-0.25, -0.2) is 4.79 Å². The highest BCUT2D eigenvalue weighted by molar-refractivity contribution is 6.05. The molecule has 0 aliphatic carbocycles. The van der Waals surface area contributed by atoms with Gasteiger partial charge in [-0.1, -0.05) is 73.2 Å². The van der Waals surface area contributed by atoms with Gasteiger partial charge < -0.3 is 40.6 Å². The molecular formula is C34H42N2O8. The molecule has 0 fully saturated rings. The number of allylic oxidation sites excluding steroid dienone is 2. The Hall–Kier alpha value is -4.38. The summed E-state index contributed by atoms with van der Waals surface area (Å²) in [6.07, 6.45) is 4.16. The number of phenolic OH excluding ortho intramolecular Hbond substituents is 2. The molecule has 5 atom stereocenters. The lowest BCUT2D eigenvalue weighted by Gasteiger charge is -2.28. The molecule has 1 heterocycles. The summed E-state index contributed by atoms with van der Waals surface area (Å²) in [6, 6.07) is 10.4. The summed E-state index contributed by atoms with van der Waals surface area (Å²) < 4.78 is 16.6. The molecule has 0 radical (unpaired) electrons. The van der Waals surface area contributed by atoms with Crippen LogP contribution in [0.15, 0.2) is 77.4 Å². The predicted molar refractivity (Wildman–Crippen MR) is 170 cm³/mol. The quantitative estimate of drug-likeness (QED) is 0.174.